The van der Waals surface area contributed by atoms with Crippen LogP contribution in [-0.4, -0.2) is 76.3 Å². The number of rotatable bonds is 9. The second kappa shape index (κ2) is 10.9. The number of aldehydes is 1. The highest BCUT2D eigenvalue weighted by Crippen LogP contribution is 2.36. The van der Waals surface area contributed by atoms with E-state index in [9.17, 15) is 13.7 Å². The van der Waals surface area contributed by atoms with Crippen molar-refractivity contribution in [3.63, 3.8) is 0 Å². The summed E-state index contributed by atoms with van der Waals surface area (Å²) in [5.74, 6) is 0.498. The number of carbonyl (C=O) groups excluding carboxylic acids is 1. The van der Waals surface area contributed by atoms with E-state index < -0.39 is 17.5 Å². The fraction of sp³-hybridized carbons (Fsp3) is 0.500. The number of benzene rings is 1. The average Bonchev–Trinajstić information content (AvgIpc) is 3.17. The van der Waals surface area contributed by atoms with Crippen LogP contribution in [-0.2, 0) is 11.4 Å². The predicted molar refractivity (Wildman–Crippen MR) is 133 cm³/mol. The van der Waals surface area contributed by atoms with E-state index in [1.54, 1.807) is 36.7 Å². The lowest BCUT2D eigenvalue weighted by Gasteiger charge is -2.43. The number of carbonyl (C=O) groups is 1. The first-order chi connectivity index (χ1) is 16.4. The summed E-state index contributed by atoms with van der Waals surface area (Å²) in [6.07, 6.45) is 7.69. The lowest BCUT2D eigenvalue weighted by Crippen LogP contribution is -2.54. The number of halogens is 1. The predicted octanol–water partition coefficient (Wildman–Crippen LogP) is 3.35. The van der Waals surface area contributed by atoms with Crippen LogP contribution in [0.2, 0.25) is 0 Å². The number of hydrogen-bond donors (Lipinski definition) is 2. The third-order valence-corrected chi connectivity index (χ3v) is 7.89. The number of likely N-dealkylation sites (tertiary alicyclic amines) is 1. The van der Waals surface area contributed by atoms with Crippen molar-refractivity contribution in [1.29, 1.82) is 0 Å². The molecule has 0 radical (unpaired) electrons. The molecule has 1 aromatic heterocycles. The first kappa shape index (κ1) is 24.7. The topological polar surface area (TPSA) is 88.5 Å². The molecule has 2 N–H and O–H groups in total. The second-order valence-electron chi connectivity index (χ2n) is 9.06. The van der Waals surface area contributed by atoms with Crippen molar-refractivity contribution in [2.45, 2.75) is 48.8 Å². The molecule has 1 saturated heterocycles. The summed E-state index contributed by atoms with van der Waals surface area (Å²) in [7, 11) is 5.34. The van der Waals surface area contributed by atoms with Crippen LogP contribution in [0.5, 0.6) is 0 Å². The molecule has 4 rings (SSSR count). The van der Waals surface area contributed by atoms with E-state index in [0.29, 0.717) is 35.4 Å². The normalized spacial score (nSPS) is 22.6. The number of hydrogen-bond acceptors (Lipinski definition) is 7. The Morgan fingerprint density at radius 3 is 2.35 bits per heavy atom. The minimum Gasteiger partial charge on any atom is -0.593 e. The van der Waals surface area contributed by atoms with Gasteiger partial charge in [-0.05, 0) is 62.2 Å². The lowest BCUT2D eigenvalue weighted by molar-refractivity contribution is 0.00850. The maximum absolute atomic E-state index is 13.3. The monoisotopic (exact) mass is 488 g/mol. The van der Waals surface area contributed by atoms with Crippen molar-refractivity contribution in [3.8, 4) is 0 Å². The molecule has 2 heterocycles. The third-order valence-electron chi connectivity index (χ3n) is 6.56. The van der Waals surface area contributed by atoms with E-state index >= 15 is 0 Å². The average molecular weight is 489 g/mol. The van der Waals surface area contributed by atoms with Crippen LogP contribution in [0.4, 0.5) is 15.9 Å². The van der Waals surface area contributed by atoms with Gasteiger partial charge in [0.15, 0.2) is 17.0 Å². The van der Waals surface area contributed by atoms with Crippen LogP contribution in [0.15, 0.2) is 35.4 Å². The van der Waals surface area contributed by atoms with Crippen LogP contribution in [0, 0.1) is 0 Å². The van der Waals surface area contributed by atoms with Crippen molar-refractivity contribution in [3.05, 3.63) is 41.7 Å². The summed E-state index contributed by atoms with van der Waals surface area (Å²) < 4.78 is 29.1. The minimum atomic E-state index is -1.22. The molecule has 1 aromatic carbocycles. The van der Waals surface area contributed by atoms with Crippen molar-refractivity contribution >= 4 is 35.2 Å². The van der Waals surface area contributed by atoms with Crippen LogP contribution in [0.3, 0.4) is 0 Å². The molecule has 1 atom stereocenters. The standard InChI is InChI=1S/C24H33FN6O2S/c1-26-13-12-23-22(16-32)24(27-18-4-10-21(11-5-18)34(33)29(2)3)28-31(23)20-8-6-19(7-9-20)30-14-17(25)15-30/h4-5,10-13,16-17,19-20,26H,6-9,14-15H2,1-3H3,(H,27,28)/b13-12-. The molecule has 2 aromatic rings. The second-order valence-corrected chi connectivity index (χ2v) is 10.8. The Kier molecular flexibility index (Phi) is 7.92. The van der Waals surface area contributed by atoms with Gasteiger partial charge in [0.2, 0.25) is 0 Å². The number of nitrogens with zero attached hydrogens (tertiary/aromatic N) is 4. The quantitative estimate of drug-likeness (QED) is 0.413. The molecule has 10 heteroatoms. The van der Waals surface area contributed by atoms with Crippen LogP contribution in [0.25, 0.3) is 6.08 Å². The van der Waals surface area contributed by atoms with Crippen LogP contribution < -0.4 is 10.6 Å². The molecule has 0 amide bonds. The molecular formula is C24H33FN6O2S. The van der Waals surface area contributed by atoms with Gasteiger partial charge in [0.25, 0.3) is 0 Å². The fourth-order valence-corrected chi connectivity index (χ4v) is 5.49. The zero-order valence-electron chi connectivity index (χ0n) is 19.9. The number of aromatic nitrogens is 2. The summed E-state index contributed by atoms with van der Waals surface area (Å²) >= 11 is -1.22. The molecular weight excluding hydrogens is 455 g/mol. The highest BCUT2D eigenvalue weighted by Gasteiger charge is 2.35. The maximum atomic E-state index is 13.3. The molecule has 1 unspecified atom stereocenters. The summed E-state index contributed by atoms with van der Waals surface area (Å²) in [4.78, 5) is 15.0. The van der Waals surface area contributed by atoms with Crippen molar-refractivity contribution < 1.29 is 13.7 Å². The molecule has 8 nitrogen and oxygen atoms in total. The zero-order valence-corrected chi connectivity index (χ0v) is 20.7. The van der Waals surface area contributed by atoms with Gasteiger partial charge in [-0.3, -0.25) is 14.4 Å². The summed E-state index contributed by atoms with van der Waals surface area (Å²) in [6, 6.07) is 7.89. The maximum Gasteiger partial charge on any atom is 0.174 e. The Hall–Kier alpha value is -2.40. The largest absolute Gasteiger partial charge is 0.593 e. The van der Waals surface area contributed by atoms with Gasteiger partial charge in [0, 0.05) is 46.0 Å². The molecule has 2 aliphatic rings. The Balaban J connectivity index is 1.54. The van der Waals surface area contributed by atoms with Crippen molar-refractivity contribution in [2.75, 3.05) is 39.5 Å². The van der Waals surface area contributed by atoms with Gasteiger partial charge >= 0.3 is 0 Å². The third kappa shape index (κ3) is 5.30. The fourth-order valence-electron chi connectivity index (χ4n) is 4.70. The van der Waals surface area contributed by atoms with Gasteiger partial charge < -0.3 is 15.2 Å². The zero-order chi connectivity index (χ0) is 24.2. The van der Waals surface area contributed by atoms with E-state index in [4.69, 9.17) is 5.10 Å². The summed E-state index contributed by atoms with van der Waals surface area (Å²) in [6.45, 7) is 1.11. The SMILES string of the molecule is CN/C=C\c1c(C=O)c(Nc2ccc([S+]([O-])N(C)C)cc2)nn1C1CCC(N2CC(F)C2)CC1. The van der Waals surface area contributed by atoms with Gasteiger partial charge in [-0.2, -0.15) is 5.10 Å². The Morgan fingerprint density at radius 2 is 1.79 bits per heavy atom. The van der Waals surface area contributed by atoms with Crippen LogP contribution >= 0.6 is 0 Å². The van der Waals surface area contributed by atoms with E-state index in [1.807, 2.05) is 29.9 Å². The van der Waals surface area contributed by atoms with Gasteiger partial charge in [-0.25, -0.2) is 4.39 Å². The van der Waals surface area contributed by atoms with Crippen molar-refractivity contribution in [2.24, 2.45) is 0 Å². The van der Waals surface area contributed by atoms with Crippen molar-refractivity contribution in [1.82, 2.24) is 24.3 Å². The Morgan fingerprint density at radius 1 is 1.15 bits per heavy atom. The molecule has 0 spiro atoms. The highest BCUT2D eigenvalue weighted by molar-refractivity contribution is 7.89. The summed E-state index contributed by atoms with van der Waals surface area (Å²) in [5.41, 5.74) is 2.02. The molecule has 184 valence electrons. The molecule has 2 fully saturated rings. The Labute approximate surface area is 203 Å². The molecule has 0 bridgehead atoms. The molecule has 1 aliphatic carbocycles. The number of anilines is 2. The van der Waals surface area contributed by atoms with E-state index in [-0.39, 0.29) is 6.04 Å². The molecule has 1 saturated carbocycles. The van der Waals surface area contributed by atoms with Gasteiger partial charge in [-0.1, -0.05) is 0 Å². The van der Waals surface area contributed by atoms with E-state index in [0.717, 1.165) is 43.4 Å². The summed E-state index contributed by atoms with van der Waals surface area (Å²) in [5, 5.41) is 11.1. The van der Waals surface area contributed by atoms with Gasteiger partial charge in [0.1, 0.15) is 6.17 Å². The van der Waals surface area contributed by atoms with Gasteiger partial charge in [-0.15, -0.1) is 4.31 Å². The molecule has 1 aliphatic heterocycles. The van der Waals surface area contributed by atoms with Crippen LogP contribution in [0.1, 0.15) is 47.8 Å². The first-order valence-electron chi connectivity index (χ1n) is 11.7. The highest BCUT2D eigenvalue weighted by atomic mass is 32.2. The lowest BCUT2D eigenvalue weighted by atomic mass is 9.88. The minimum absolute atomic E-state index is 0.175. The van der Waals surface area contributed by atoms with Gasteiger partial charge in [0.05, 0.1) is 28.7 Å². The Bertz CT molecular complexity index is 998. The molecule has 34 heavy (non-hydrogen) atoms. The smallest absolute Gasteiger partial charge is 0.174 e. The number of alkyl halides is 1. The van der Waals surface area contributed by atoms with E-state index in [2.05, 4.69) is 15.5 Å². The first-order valence-corrected chi connectivity index (χ1v) is 12.8. The van der Waals surface area contributed by atoms with E-state index in [1.165, 1.54) is 0 Å². The number of nitrogens with one attached hydrogen (secondary N) is 2.